The molecule has 1 unspecified atom stereocenters. The lowest BCUT2D eigenvalue weighted by molar-refractivity contribution is -0.130. The molecule has 0 N–H and O–H groups in total. The quantitative estimate of drug-likeness (QED) is 0.338. The maximum Gasteiger partial charge on any atom is 0.325 e. The van der Waals surface area contributed by atoms with E-state index in [1.807, 2.05) is 0 Å². The normalized spacial score (nSPS) is 17.7. The van der Waals surface area contributed by atoms with Crippen LogP contribution in [-0.4, -0.2) is 35.8 Å². The Balaban J connectivity index is 2.22. The molecule has 1 heterocycles. The molecular formula is C12H11N3O3. The molecule has 1 amide bonds. The van der Waals surface area contributed by atoms with Gasteiger partial charge in [0.15, 0.2) is 0 Å². The molecular weight excluding hydrogens is 234 g/mol. The Bertz CT molecular complexity index is 532. The lowest BCUT2D eigenvalue weighted by atomic mass is 9.97. The number of rotatable bonds is 4. The maximum atomic E-state index is 11.5. The first kappa shape index (κ1) is 12.0. The van der Waals surface area contributed by atoms with Crippen LogP contribution in [0.15, 0.2) is 24.3 Å². The van der Waals surface area contributed by atoms with Gasteiger partial charge in [-0.3, -0.25) is 9.59 Å². The second-order valence-corrected chi connectivity index (χ2v) is 3.83. The summed E-state index contributed by atoms with van der Waals surface area (Å²) >= 11 is 0. The van der Waals surface area contributed by atoms with E-state index in [-0.39, 0.29) is 12.3 Å². The molecule has 2 rings (SSSR count). The standard InChI is InChI=1S/C12H11N3O3/c1-18-9-4-2-8(3-5-9)15-10(6-12(15)17)11(16)7-14-13/h2-5,7,10H,6H2,1H3. The Kier molecular flexibility index (Phi) is 3.21. The molecule has 1 aliphatic heterocycles. The van der Waals surface area contributed by atoms with Crippen molar-refractivity contribution >= 4 is 23.6 Å². The highest BCUT2D eigenvalue weighted by molar-refractivity contribution is 6.32. The third-order valence-corrected chi connectivity index (χ3v) is 2.81. The minimum Gasteiger partial charge on any atom is -0.497 e. The summed E-state index contributed by atoms with van der Waals surface area (Å²) in [6, 6.07) is 6.24. The van der Waals surface area contributed by atoms with Crippen LogP contribution in [0.1, 0.15) is 6.42 Å². The number of hydrogen-bond acceptors (Lipinski definition) is 3. The molecule has 92 valence electrons. The number of benzene rings is 1. The molecule has 0 bridgehead atoms. The van der Waals surface area contributed by atoms with Crippen LogP contribution in [-0.2, 0) is 9.59 Å². The number of hydrogen-bond donors (Lipinski definition) is 0. The van der Waals surface area contributed by atoms with Crippen LogP contribution in [0.5, 0.6) is 5.75 Å². The molecule has 1 atom stereocenters. The van der Waals surface area contributed by atoms with E-state index in [1.165, 1.54) is 4.90 Å². The van der Waals surface area contributed by atoms with Gasteiger partial charge in [-0.25, -0.2) is 0 Å². The zero-order chi connectivity index (χ0) is 13.1. The molecule has 6 heteroatoms. The van der Waals surface area contributed by atoms with Crippen LogP contribution in [0.25, 0.3) is 5.53 Å². The van der Waals surface area contributed by atoms with E-state index in [4.69, 9.17) is 10.3 Å². The van der Waals surface area contributed by atoms with Crippen molar-refractivity contribution in [1.82, 2.24) is 0 Å². The molecule has 1 aliphatic rings. The van der Waals surface area contributed by atoms with Crippen molar-refractivity contribution in [3.8, 4) is 5.75 Å². The molecule has 1 aromatic carbocycles. The Morgan fingerprint density at radius 3 is 2.67 bits per heavy atom. The van der Waals surface area contributed by atoms with Crippen molar-refractivity contribution in [3.05, 3.63) is 29.8 Å². The van der Waals surface area contributed by atoms with Gasteiger partial charge in [0, 0.05) is 5.69 Å². The molecule has 0 saturated carbocycles. The molecule has 0 spiro atoms. The topological polar surface area (TPSA) is 83.0 Å². The highest BCUT2D eigenvalue weighted by Crippen LogP contribution is 2.29. The minimum atomic E-state index is -0.582. The fourth-order valence-corrected chi connectivity index (χ4v) is 1.85. The van der Waals surface area contributed by atoms with Crippen LogP contribution in [0.4, 0.5) is 5.69 Å². The Morgan fingerprint density at radius 2 is 2.17 bits per heavy atom. The van der Waals surface area contributed by atoms with Gasteiger partial charge in [0.05, 0.1) is 13.5 Å². The first-order valence-corrected chi connectivity index (χ1v) is 5.34. The zero-order valence-corrected chi connectivity index (χ0v) is 9.74. The predicted molar refractivity (Wildman–Crippen MR) is 63.6 cm³/mol. The van der Waals surface area contributed by atoms with E-state index in [1.54, 1.807) is 31.4 Å². The van der Waals surface area contributed by atoms with Crippen molar-refractivity contribution < 1.29 is 19.1 Å². The number of ketones is 1. The van der Waals surface area contributed by atoms with Gasteiger partial charge in [0.2, 0.25) is 5.91 Å². The molecule has 1 saturated heterocycles. The summed E-state index contributed by atoms with van der Waals surface area (Å²) in [6.45, 7) is 0. The van der Waals surface area contributed by atoms with Crippen LogP contribution in [0.3, 0.4) is 0 Å². The summed E-state index contributed by atoms with van der Waals surface area (Å²) in [6.07, 6.45) is 0.949. The van der Waals surface area contributed by atoms with Gasteiger partial charge in [0.1, 0.15) is 11.8 Å². The molecule has 1 fully saturated rings. The van der Waals surface area contributed by atoms with Crippen LogP contribution < -0.4 is 9.64 Å². The van der Waals surface area contributed by atoms with E-state index < -0.39 is 11.8 Å². The summed E-state index contributed by atoms with van der Waals surface area (Å²) in [5, 5.41) is 0. The Labute approximate surface area is 103 Å². The molecule has 18 heavy (non-hydrogen) atoms. The Morgan fingerprint density at radius 1 is 1.50 bits per heavy atom. The summed E-state index contributed by atoms with van der Waals surface area (Å²) in [5.41, 5.74) is 8.95. The second kappa shape index (κ2) is 4.81. The number of β-lactam (4-membered cyclic amide) rings is 1. The molecule has 0 aliphatic carbocycles. The summed E-state index contributed by atoms with van der Waals surface area (Å²) in [4.78, 5) is 27.2. The van der Waals surface area contributed by atoms with Crippen molar-refractivity contribution in [3.63, 3.8) is 0 Å². The third-order valence-electron chi connectivity index (χ3n) is 2.81. The number of nitrogens with zero attached hydrogens (tertiary/aromatic N) is 3. The average molecular weight is 245 g/mol. The SMILES string of the molecule is COc1ccc(N2C(=O)CC2C(=O)C=[N+]=[N-])cc1. The number of ether oxygens (including phenoxy) is 1. The number of anilines is 1. The van der Waals surface area contributed by atoms with Crippen LogP contribution >= 0.6 is 0 Å². The maximum absolute atomic E-state index is 11.5. The van der Waals surface area contributed by atoms with Gasteiger partial charge in [-0.05, 0) is 24.3 Å². The van der Waals surface area contributed by atoms with Gasteiger partial charge in [0.25, 0.3) is 5.78 Å². The zero-order valence-electron chi connectivity index (χ0n) is 9.74. The first-order chi connectivity index (χ1) is 8.67. The first-order valence-electron chi connectivity index (χ1n) is 5.34. The number of carbonyl (C=O) groups is 2. The van der Waals surface area contributed by atoms with Gasteiger partial charge in [-0.1, -0.05) is 0 Å². The average Bonchev–Trinajstić information content (AvgIpc) is 2.37. The number of Topliss-reactive ketones (excluding diaryl/α,β-unsaturated/α-hetero) is 1. The molecule has 1 aromatic rings. The molecule has 6 nitrogen and oxygen atoms in total. The second-order valence-electron chi connectivity index (χ2n) is 3.83. The van der Waals surface area contributed by atoms with E-state index in [0.29, 0.717) is 11.4 Å². The predicted octanol–water partition coefficient (Wildman–Crippen LogP) is 0.670. The van der Waals surface area contributed by atoms with E-state index >= 15 is 0 Å². The lowest BCUT2D eigenvalue weighted by Crippen LogP contribution is -2.57. The molecule has 0 radical (unpaired) electrons. The largest absolute Gasteiger partial charge is 0.497 e. The monoisotopic (exact) mass is 245 g/mol. The van der Waals surface area contributed by atoms with Crippen molar-refractivity contribution in [2.45, 2.75) is 12.5 Å². The highest BCUT2D eigenvalue weighted by Gasteiger charge is 2.42. The summed E-state index contributed by atoms with van der Waals surface area (Å²) < 4.78 is 5.02. The lowest BCUT2D eigenvalue weighted by Gasteiger charge is -2.37. The Hall–Kier alpha value is -2.46. The smallest absolute Gasteiger partial charge is 0.325 e. The fourth-order valence-electron chi connectivity index (χ4n) is 1.85. The van der Waals surface area contributed by atoms with Crippen molar-refractivity contribution in [1.29, 1.82) is 0 Å². The van der Waals surface area contributed by atoms with Gasteiger partial charge in [-0.2, -0.15) is 4.79 Å². The van der Waals surface area contributed by atoms with E-state index in [0.717, 1.165) is 6.21 Å². The fraction of sp³-hybridized carbons (Fsp3) is 0.250. The van der Waals surface area contributed by atoms with Gasteiger partial charge in [-0.15, -0.1) is 0 Å². The van der Waals surface area contributed by atoms with E-state index in [9.17, 15) is 9.59 Å². The van der Waals surface area contributed by atoms with Crippen molar-refractivity contribution in [2.75, 3.05) is 12.0 Å². The number of methoxy groups -OCH3 is 1. The number of carbonyl (C=O) groups excluding carboxylic acids is 2. The van der Waals surface area contributed by atoms with Gasteiger partial charge >= 0.3 is 6.21 Å². The van der Waals surface area contributed by atoms with Crippen LogP contribution in [0, 0.1) is 0 Å². The number of amides is 1. The summed E-state index contributed by atoms with van der Waals surface area (Å²) in [7, 11) is 1.55. The van der Waals surface area contributed by atoms with Gasteiger partial charge < -0.3 is 15.2 Å². The highest BCUT2D eigenvalue weighted by atomic mass is 16.5. The minimum absolute atomic E-state index is 0.134. The van der Waals surface area contributed by atoms with Crippen LogP contribution in [0.2, 0.25) is 0 Å². The molecule has 0 aromatic heterocycles. The van der Waals surface area contributed by atoms with Crippen molar-refractivity contribution in [2.24, 2.45) is 0 Å². The summed E-state index contributed by atoms with van der Waals surface area (Å²) in [5.74, 6) is 0.143. The van der Waals surface area contributed by atoms with E-state index in [2.05, 4.69) is 4.79 Å². The third kappa shape index (κ3) is 2.01.